The fraction of sp³-hybridized carbons (Fsp3) is 0.143. The van der Waals surface area contributed by atoms with Gasteiger partial charge in [-0.2, -0.15) is 8.42 Å². The molecule has 4 nitrogen and oxygen atoms in total. The van der Waals surface area contributed by atoms with Crippen molar-refractivity contribution in [3.05, 3.63) is 29.3 Å². The van der Waals surface area contributed by atoms with Gasteiger partial charge in [0.25, 0.3) is 0 Å². The fourth-order valence-electron chi connectivity index (χ4n) is 0.792. The van der Waals surface area contributed by atoms with Crippen LogP contribution in [-0.4, -0.2) is 13.0 Å². The molecule has 1 N–H and O–H groups in total. The molecule has 0 aliphatic heterocycles. The molecule has 0 unspecified atom stereocenters. The zero-order valence-corrected chi connectivity index (χ0v) is 7.81. The molecule has 0 aromatic heterocycles. The second kappa shape index (κ2) is 3.50. The Morgan fingerprint density at radius 1 is 1.29 bits per heavy atom. The van der Waals surface area contributed by atoms with E-state index < -0.39 is 27.8 Å². The summed E-state index contributed by atoms with van der Waals surface area (Å²) in [5.41, 5.74) is -0.257. The van der Waals surface area contributed by atoms with E-state index >= 15 is 0 Å². The molecule has 1 rings (SSSR count). The van der Waals surface area contributed by atoms with Crippen molar-refractivity contribution in [3.8, 4) is 5.75 Å². The minimum atomic E-state index is -4.76. The third-order valence-corrected chi connectivity index (χ3v) is 1.86. The Bertz CT molecular complexity index is 432. The molecular weight excluding hydrogens is 218 g/mol. The maximum absolute atomic E-state index is 12.8. The first-order valence-corrected chi connectivity index (χ1v) is 4.78. The van der Waals surface area contributed by atoms with Gasteiger partial charge in [0.2, 0.25) is 0 Å². The van der Waals surface area contributed by atoms with Crippen LogP contribution in [0.15, 0.2) is 12.1 Å². The molecule has 78 valence electrons. The van der Waals surface area contributed by atoms with E-state index in [1.807, 2.05) is 0 Å². The highest BCUT2D eigenvalue weighted by molar-refractivity contribution is 7.81. The van der Waals surface area contributed by atoms with E-state index in [4.69, 9.17) is 4.55 Å². The molecule has 0 aliphatic carbocycles. The molecule has 0 saturated carbocycles. The molecule has 7 heteroatoms. The van der Waals surface area contributed by atoms with E-state index in [2.05, 4.69) is 4.18 Å². The third kappa shape index (κ3) is 2.64. The Morgan fingerprint density at radius 3 is 2.07 bits per heavy atom. The summed E-state index contributed by atoms with van der Waals surface area (Å²) in [7, 11) is -4.76. The summed E-state index contributed by atoms with van der Waals surface area (Å²) in [6.45, 7) is 1.18. The molecule has 0 heterocycles. The lowest BCUT2D eigenvalue weighted by molar-refractivity contribution is 0.384. The molecule has 0 radical (unpaired) electrons. The van der Waals surface area contributed by atoms with Crippen molar-refractivity contribution in [1.29, 1.82) is 0 Å². The topological polar surface area (TPSA) is 63.6 Å². The van der Waals surface area contributed by atoms with Crippen molar-refractivity contribution >= 4 is 10.4 Å². The molecular formula is C7H6F2O4S. The van der Waals surface area contributed by atoms with E-state index in [-0.39, 0.29) is 5.56 Å². The van der Waals surface area contributed by atoms with Gasteiger partial charge in [-0.3, -0.25) is 4.55 Å². The molecule has 0 aliphatic rings. The predicted octanol–water partition coefficient (Wildman–Crippen LogP) is 1.45. The van der Waals surface area contributed by atoms with Gasteiger partial charge in [-0.15, -0.1) is 0 Å². The van der Waals surface area contributed by atoms with Gasteiger partial charge in [0, 0.05) is 17.7 Å². The molecule has 0 atom stereocenters. The third-order valence-electron chi connectivity index (χ3n) is 1.46. The smallest absolute Gasteiger partial charge is 0.362 e. The molecule has 0 amide bonds. The van der Waals surface area contributed by atoms with Crippen molar-refractivity contribution < 1.29 is 25.9 Å². The summed E-state index contributed by atoms with van der Waals surface area (Å²) >= 11 is 0. The molecule has 14 heavy (non-hydrogen) atoms. The summed E-state index contributed by atoms with van der Waals surface area (Å²) in [6, 6.07) is 1.32. The second-order valence-electron chi connectivity index (χ2n) is 2.52. The summed E-state index contributed by atoms with van der Waals surface area (Å²) in [6.07, 6.45) is 0. The summed E-state index contributed by atoms with van der Waals surface area (Å²) in [5.74, 6) is -2.53. The normalized spacial score (nSPS) is 11.4. The minimum Gasteiger partial charge on any atom is -0.362 e. The maximum atomic E-state index is 12.8. The van der Waals surface area contributed by atoms with Crippen LogP contribution < -0.4 is 4.18 Å². The number of hydrogen-bond acceptors (Lipinski definition) is 3. The Hall–Kier alpha value is -1.21. The van der Waals surface area contributed by atoms with Crippen LogP contribution in [0, 0.1) is 18.6 Å². The highest BCUT2D eigenvalue weighted by Gasteiger charge is 2.12. The lowest BCUT2D eigenvalue weighted by Crippen LogP contribution is -2.07. The highest BCUT2D eigenvalue weighted by Crippen LogP contribution is 2.20. The van der Waals surface area contributed by atoms with Gasteiger partial charge < -0.3 is 4.18 Å². The van der Waals surface area contributed by atoms with Gasteiger partial charge in [-0.1, -0.05) is 0 Å². The minimum absolute atomic E-state index is 0.257. The molecule has 1 aromatic carbocycles. The van der Waals surface area contributed by atoms with E-state index in [1.165, 1.54) is 6.92 Å². The number of rotatable bonds is 2. The molecule has 1 aromatic rings. The first-order valence-electron chi connectivity index (χ1n) is 3.42. The van der Waals surface area contributed by atoms with Crippen LogP contribution in [0.5, 0.6) is 5.75 Å². The van der Waals surface area contributed by atoms with E-state index in [0.717, 1.165) is 0 Å². The summed E-state index contributed by atoms with van der Waals surface area (Å²) in [4.78, 5) is 0. The van der Waals surface area contributed by atoms with E-state index in [0.29, 0.717) is 12.1 Å². The lowest BCUT2D eigenvalue weighted by Gasteiger charge is -2.03. The Morgan fingerprint density at radius 2 is 1.71 bits per heavy atom. The van der Waals surface area contributed by atoms with Crippen LogP contribution in [0.1, 0.15) is 5.56 Å². The number of benzene rings is 1. The standard InChI is InChI=1S/C7H6F2O4S/c1-4-6(8)2-5(3-7(4)9)13-14(10,11)12/h2-3H,1H3,(H,10,11,12). The van der Waals surface area contributed by atoms with Gasteiger partial charge >= 0.3 is 10.4 Å². The van der Waals surface area contributed by atoms with Crippen LogP contribution in [0.3, 0.4) is 0 Å². The van der Waals surface area contributed by atoms with Crippen LogP contribution in [0.2, 0.25) is 0 Å². The van der Waals surface area contributed by atoms with Gasteiger partial charge in [0.05, 0.1) is 0 Å². The zero-order valence-electron chi connectivity index (χ0n) is 6.99. The van der Waals surface area contributed by atoms with Gasteiger partial charge in [-0.05, 0) is 6.92 Å². The van der Waals surface area contributed by atoms with E-state index in [9.17, 15) is 17.2 Å². The summed E-state index contributed by atoms with van der Waals surface area (Å²) in [5, 5.41) is 0. The first kappa shape index (κ1) is 10.9. The van der Waals surface area contributed by atoms with Gasteiger partial charge in [0.1, 0.15) is 11.6 Å². The van der Waals surface area contributed by atoms with E-state index in [1.54, 1.807) is 0 Å². The average molecular weight is 224 g/mol. The predicted molar refractivity (Wildman–Crippen MR) is 43.3 cm³/mol. The molecule has 0 spiro atoms. The van der Waals surface area contributed by atoms with Crippen molar-refractivity contribution in [3.63, 3.8) is 0 Å². The monoisotopic (exact) mass is 224 g/mol. The van der Waals surface area contributed by atoms with Crippen LogP contribution in [0.25, 0.3) is 0 Å². The van der Waals surface area contributed by atoms with Crippen LogP contribution in [0.4, 0.5) is 8.78 Å². The Kier molecular flexibility index (Phi) is 2.72. The second-order valence-corrected chi connectivity index (χ2v) is 3.55. The van der Waals surface area contributed by atoms with Crippen LogP contribution >= 0.6 is 0 Å². The SMILES string of the molecule is Cc1c(F)cc(OS(=O)(=O)O)cc1F. The molecule has 0 saturated heterocycles. The Labute approximate surface area is 79.1 Å². The quantitative estimate of drug-likeness (QED) is 0.772. The van der Waals surface area contributed by atoms with Crippen molar-refractivity contribution in [1.82, 2.24) is 0 Å². The number of halogens is 2. The largest absolute Gasteiger partial charge is 0.446 e. The van der Waals surface area contributed by atoms with Crippen molar-refractivity contribution in [2.75, 3.05) is 0 Å². The average Bonchev–Trinajstić information content (AvgIpc) is 1.96. The maximum Gasteiger partial charge on any atom is 0.446 e. The highest BCUT2D eigenvalue weighted by atomic mass is 32.3. The van der Waals surface area contributed by atoms with Crippen molar-refractivity contribution in [2.24, 2.45) is 0 Å². The molecule has 0 fully saturated rings. The van der Waals surface area contributed by atoms with Crippen molar-refractivity contribution in [2.45, 2.75) is 6.92 Å². The lowest BCUT2D eigenvalue weighted by atomic mass is 10.2. The Balaban J connectivity index is 3.14. The fourth-order valence-corrected chi connectivity index (χ4v) is 1.13. The van der Waals surface area contributed by atoms with Gasteiger partial charge in [0.15, 0.2) is 5.75 Å². The van der Waals surface area contributed by atoms with Gasteiger partial charge in [-0.25, -0.2) is 8.78 Å². The molecule has 0 bridgehead atoms. The van der Waals surface area contributed by atoms with Crippen LogP contribution in [-0.2, 0) is 10.4 Å². The number of hydrogen-bond donors (Lipinski definition) is 1. The first-order chi connectivity index (χ1) is 6.29. The summed E-state index contributed by atoms with van der Waals surface area (Å²) < 4.78 is 58.1. The zero-order chi connectivity index (χ0) is 10.9.